The first-order chi connectivity index (χ1) is 9.38. The SMILES string of the molecule is CCOc1ccc(OCCN2CCCNCC2)cc1.Cl. The third-order valence-electron chi connectivity index (χ3n) is 3.24. The molecule has 1 aromatic carbocycles. The molecule has 2 rings (SSSR count). The Bertz CT molecular complexity index is 351. The quantitative estimate of drug-likeness (QED) is 0.873. The second-order valence-corrected chi connectivity index (χ2v) is 4.70. The predicted molar refractivity (Wildman–Crippen MR) is 84.3 cm³/mol. The van der Waals surface area contributed by atoms with Crippen LogP contribution < -0.4 is 14.8 Å². The van der Waals surface area contributed by atoms with Crippen molar-refractivity contribution >= 4 is 12.4 Å². The van der Waals surface area contributed by atoms with Crippen LogP contribution in [0.5, 0.6) is 11.5 Å². The topological polar surface area (TPSA) is 33.7 Å². The highest BCUT2D eigenvalue weighted by molar-refractivity contribution is 5.85. The van der Waals surface area contributed by atoms with Crippen LogP contribution in [-0.4, -0.2) is 50.8 Å². The highest BCUT2D eigenvalue weighted by atomic mass is 35.5. The molecule has 0 aliphatic carbocycles. The van der Waals surface area contributed by atoms with E-state index in [2.05, 4.69) is 10.2 Å². The lowest BCUT2D eigenvalue weighted by molar-refractivity contribution is 0.217. The van der Waals surface area contributed by atoms with Crippen molar-refractivity contribution in [2.75, 3.05) is 45.9 Å². The maximum absolute atomic E-state index is 5.77. The van der Waals surface area contributed by atoms with Crippen LogP contribution in [-0.2, 0) is 0 Å². The van der Waals surface area contributed by atoms with E-state index in [0.717, 1.165) is 44.3 Å². The van der Waals surface area contributed by atoms with E-state index in [9.17, 15) is 0 Å². The summed E-state index contributed by atoms with van der Waals surface area (Å²) >= 11 is 0. The van der Waals surface area contributed by atoms with Gasteiger partial charge in [0.15, 0.2) is 0 Å². The third-order valence-corrected chi connectivity index (χ3v) is 3.24. The average molecular weight is 301 g/mol. The molecule has 114 valence electrons. The molecule has 1 aliphatic heterocycles. The average Bonchev–Trinajstić information content (AvgIpc) is 2.70. The van der Waals surface area contributed by atoms with Gasteiger partial charge in [-0.15, -0.1) is 12.4 Å². The zero-order valence-corrected chi connectivity index (χ0v) is 13.0. The second-order valence-electron chi connectivity index (χ2n) is 4.70. The fourth-order valence-electron chi connectivity index (χ4n) is 2.22. The summed E-state index contributed by atoms with van der Waals surface area (Å²) in [5, 5.41) is 3.41. The van der Waals surface area contributed by atoms with Gasteiger partial charge in [-0.25, -0.2) is 0 Å². The minimum Gasteiger partial charge on any atom is -0.494 e. The molecule has 1 fully saturated rings. The largest absolute Gasteiger partial charge is 0.494 e. The van der Waals surface area contributed by atoms with Gasteiger partial charge in [-0.1, -0.05) is 0 Å². The monoisotopic (exact) mass is 300 g/mol. The van der Waals surface area contributed by atoms with E-state index in [1.807, 2.05) is 31.2 Å². The summed E-state index contributed by atoms with van der Waals surface area (Å²) in [5.74, 6) is 1.81. The number of halogens is 1. The summed E-state index contributed by atoms with van der Waals surface area (Å²) in [6, 6.07) is 7.84. The molecule has 0 spiro atoms. The molecule has 0 radical (unpaired) electrons. The molecule has 1 heterocycles. The maximum Gasteiger partial charge on any atom is 0.119 e. The number of benzene rings is 1. The molecular formula is C15H25ClN2O2. The number of nitrogens with one attached hydrogen (secondary N) is 1. The molecule has 20 heavy (non-hydrogen) atoms. The van der Waals surface area contributed by atoms with Crippen LogP contribution in [0.1, 0.15) is 13.3 Å². The summed E-state index contributed by atoms with van der Waals surface area (Å²) in [6.45, 7) is 8.93. The Morgan fingerprint density at radius 2 is 1.75 bits per heavy atom. The van der Waals surface area contributed by atoms with E-state index in [-0.39, 0.29) is 12.4 Å². The van der Waals surface area contributed by atoms with Crippen LogP contribution >= 0.6 is 12.4 Å². The number of ether oxygens (including phenoxy) is 2. The lowest BCUT2D eigenvalue weighted by atomic mass is 10.3. The molecule has 0 unspecified atom stereocenters. The number of hydrogen-bond donors (Lipinski definition) is 1. The Hall–Kier alpha value is -0.970. The van der Waals surface area contributed by atoms with Crippen LogP contribution in [0.2, 0.25) is 0 Å². The van der Waals surface area contributed by atoms with Gasteiger partial charge in [0.2, 0.25) is 0 Å². The third kappa shape index (κ3) is 5.99. The zero-order chi connectivity index (χ0) is 13.3. The van der Waals surface area contributed by atoms with Gasteiger partial charge in [0.05, 0.1) is 6.61 Å². The smallest absolute Gasteiger partial charge is 0.119 e. The van der Waals surface area contributed by atoms with E-state index in [1.165, 1.54) is 13.0 Å². The Morgan fingerprint density at radius 3 is 2.45 bits per heavy atom. The van der Waals surface area contributed by atoms with Crippen molar-refractivity contribution in [1.82, 2.24) is 10.2 Å². The Labute approximate surface area is 127 Å². The summed E-state index contributed by atoms with van der Waals surface area (Å²) in [4.78, 5) is 2.45. The van der Waals surface area contributed by atoms with Crippen molar-refractivity contribution in [3.05, 3.63) is 24.3 Å². The van der Waals surface area contributed by atoms with Crippen LogP contribution in [0.4, 0.5) is 0 Å². The first kappa shape index (κ1) is 17.1. The minimum atomic E-state index is 0. The van der Waals surface area contributed by atoms with Gasteiger partial charge < -0.3 is 14.8 Å². The van der Waals surface area contributed by atoms with Gasteiger partial charge in [0.25, 0.3) is 0 Å². The van der Waals surface area contributed by atoms with E-state index in [1.54, 1.807) is 0 Å². The zero-order valence-electron chi connectivity index (χ0n) is 12.1. The Balaban J connectivity index is 0.00000200. The van der Waals surface area contributed by atoms with Crippen molar-refractivity contribution in [3.63, 3.8) is 0 Å². The maximum atomic E-state index is 5.77. The molecule has 1 aliphatic rings. The highest BCUT2D eigenvalue weighted by Crippen LogP contribution is 2.17. The highest BCUT2D eigenvalue weighted by Gasteiger charge is 2.07. The molecule has 0 amide bonds. The number of hydrogen-bond acceptors (Lipinski definition) is 4. The molecule has 1 aromatic rings. The van der Waals surface area contributed by atoms with Gasteiger partial charge in [-0.05, 0) is 50.7 Å². The van der Waals surface area contributed by atoms with Crippen LogP contribution in [0.15, 0.2) is 24.3 Å². The second kappa shape index (κ2) is 9.86. The van der Waals surface area contributed by atoms with E-state index >= 15 is 0 Å². The van der Waals surface area contributed by atoms with Gasteiger partial charge >= 0.3 is 0 Å². The molecule has 1 saturated heterocycles. The van der Waals surface area contributed by atoms with Crippen molar-refractivity contribution in [3.8, 4) is 11.5 Å². The first-order valence-electron chi connectivity index (χ1n) is 7.17. The summed E-state index contributed by atoms with van der Waals surface area (Å²) in [6.07, 6.45) is 1.23. The summed E-state index contributed by atoms with van der Waals surface area (Å²) in [5.41, 5.74) is 0. The summed E-state index contributed by atoms with van der Waals surface area (Å²) in [7, 11) is 0. The predicted octanol–water partition coefficient (Wildman–Crippen LogP) is 2.18. The minimum absolute atomic E-state index is 0. The van der Waals surface area contributed by atoms with Crippen molar-refractivity contribution < 1.29 is 9.47 Å². The molecule has 1 N–H and O–H groups in total. The normalized spacial score (nSPS) is 16.1. The van der Waals surface area contributed by atoms with Gasteiger partial charge in [0.1, 0.15) is 18.1 Å². The molecule has 0 aromatic heterocycles. The van der Waals surface area contributed by atoms with Gasteiger partial charge in [0, 0.05) is 19.6 Å². The Morgan fingerprint density at radius 1 is 1.05 bits per heavy atom. The number of rotatable bonds is 6. The fourth-order valence-corrected chi connectivity index (χ4v) is 2.22. The molecule has 0 saturated carbocycles. The molecule has 0 atom stereocenters. The lowest BCUT2D eigenvalue weighted by Gasteiger charge is -2.19. The lowest BCUT2D eigenvalue weighted by Crippen LogP contribution is -2.31. The van der Waals surface area contributed by atoms with E-state index in [4.69, 9.17) is 9.47 Å². The first-order valence-corrected chi connectivity index (χ1v) is 7.17. The van der Waals surface area contributed by atoms with Gasteiger partial charge in [-0.2, -0.15) is 0 Å². The molecular weight excluding hydrogens is 276 g/mol. The Kier molecular flexibility index (Phi) is 8.42. The fraction of sp³-hybridized carbons (Fsp3) is 0.600. The van der Waals surface area contributed by atoms with Crippen molar-refractivity contribution in [2.24, 2.45) is 0 Å². The van der Waals surface area contributed by atoms with Gasteiger partial charge in [-0.3, -0.25) is 4.90 Å². The van der Waals surface area contributed by atoms with Crippen LogP contribution in [0.3, 0.4) is 0 Å². The molecule has 4 nitrogen and oxygen atoms in total. The molecule has 0 bridgehead atoms. The number of nitrogens with zero attached hydrogens (tertiary/aromatic N) is 1. The van der Waals surface area contributed by atoms with E-state index < -0.39 is 0 Å². The van der Waals surface area contributed by atoms with Crippen molar-refractivity contribution in [1.29, 1.82) is 0 Å². The standard InChI is InChI=1S/C15H24N2O2.ClH/c1-2-18-14-4-6-15(7-5-14)19-13-12-17-10-3-8-16-9-11-17;/h4-7,16H,2-3,8-13H2,1H3;1H. The van der Waals surface area contributed by atoms with Crippen LogP contribution in [0, 0.1) is 0 Å². The van der Waals surface area contributed by atoms with E-state index in [0.29, 0.717) is 6.61 Å². The molecule has 5 heteroatoms. The van der Waals surface area contributed by atoms with Crippen LogP contribution in [0.25, 0.3) is 0 Å². The summed E-state index contributed by atoms with van der Waals surface area (Å²) < 4.78 is 11.2. The van der Waals surface area contributed by atoms with Crippen molar-refractivity contribution in [2.45, 2.75) is 13.3 Å².